The van der Waals surface area contributed by atoms with Gasteiger partial charge in [-0.25, -0.2) is 5.10 Å². The van der Waals surface area contributed by atoms with Crippen molar-refractivity contribution in [1.82, 2.24) is 24.3 Å². The normalized spacial score (nSPS) is 11.3. The largest absolute Gasteiger partial charge is 0.493 e. The molecule has 2 heterocycles. The van der Waals surface area contributed by atoms with Crippen molar-refractivity contribution in [3.63, 3.8) is 0 Å². The summed E-state index contributed by atoms with van der Waals surface area (Å²) in [5.41, 5.74) is -0.679. The van der Waals surface area contributed by atoms with Crippen molar-refractivity contribution < 1.29 is 5.11 Å². The lowest BCUT2D eigenvalue weighted by Gasteiger charge is -2.12. The van der Waals surface area contributed by atoms with Crippen LogP contribution in [0.25, 0.3) is 0 Å². The molecule has 0 spiro atoms. The summed E-state index contributed by atoms with van der Waals surface area (Å²) in [5.74, 6) is -0.173. The van der Waals surface area contributed by atoms with Gasteiger partial charge in [0.2, 0.25) is 11.6 Å². The summed E-state index contributed by atoms with van der Waals surface area (Å²) in [6.07, 6.45) is 1.26. The molecule has 0 saturated carbocycles. The van der Waals surface area contributed by atoms with Crippen LogP contribution in [0.5, 0.6) is 5.88 Å². The van der Waals surface area contributed by atoms with Crippen molar-refractivity contribution in [2.45, 2.75) is 26.9 Å². The van der Waals surface area contributed by atoms with Crippen molar-refractivity contribution in [3.05, 3.63) is 21.5 Å². The van der Waals surface area contributed by atoms with E-state index < -0.39 is 5.56 Å². The van der Waals surface area contributed by atoms with Gasteiger partial charge in [0, 0.05) is 13.1 Å². The Morgan fingerprint density at radius 1 is 1.35 bits per heavy atom. The first kappa shape index (κ1) is 14.1. The molecule has 20 heavy (non-hydrogen) atoms. The molecule has 2 aromatic rings. The summed E-state index contributed by atoms with van der Waals surface area (Å²) in [7, 11) is 0. The molecule has 0 bridgehead atoms. The molecular weight excluding hydrogens is 282 g/mol. The van der Waals surface area contributed by atoms with E-state index in [4.69, 9.17) is 12.2 Å². The Labute approximate surface area is 118 Å². The minimum Gasteiger partial charge on any atom is -0.493 e. The van der Waals surface area contributed by atoms with Gasteiger partial charge in [-0.15, -0.1) is 10.2 Å². The number of H-pyrrole nitrogens is 1. The molecule has 0 radical (unpaired) electrons. The van der Waals surface area contributed by atoms with Crippen molar-refractivity contribution >= 4 is 23.9 Å². The lowest BCUT2D eigenvalue weighted by molar-refractivity contribution is 0.402. The van der Waals surface area contributed by atoms with Gasteiger partial charge in [-0.2, -0.15) is 10.1 Å². The first-order chi connectivity index (χ1) is 9.60. The molecule has 0 aliphatic rings. The van der Waals surface area contributed by atoms with Gasteiger partial charge >= 0.3 is 0 Å². The van der Waals surface area contributed by atoms with Crippen molar-refractivity contribution in [2.75, 3.05) is 0 Å². The van der Waals surface area contributed by atoms with Crippen LogP contribution in [-0.4, -0.2) is 29.4 Å². The highest BCUT2D eigenvalue weighted by molar-refractivity contribution is 7.71. The smallest absolute Gasteiger partial charge is 0.286 e. The fourth-order valence-electron chi connectivity index (χ4n) is 1.67. The molecule has 0 aliphatic carbocycles. The van der Waals surface area contributed by atoms with Crippen LogP contribution >= 0.6 is 12.2 Å². The predicted octanol–water partition coefficient (Wildman–Crippen LogP) is 1.66. The van der Waals surface area contributed by atoms with Crippen LogP contribution in [0.3, 0.4) is 0 Å². The number of nitrogens with zero attached hydrogens (tertiary/aromatic N) is 6. The molecule has 0 saturated heterocycles. The van der Waals surface area contributed by atoms with Crippen molar-refractivity contribution in [1.29, 1.82) is 0 Å². The van der Waals surface area contributed by atoms with Crippen LogP contribution in [0.2, 0.25) is 0 Å². The highest BCUT2D eigenvalue weighted by Gasteiger charge is 2.15. The maximum Gasteiger partial charge on any atom is 0.286 e. The van der Waals surface area contributed by atoms with E-state index in [0.29, 0.717) is 13.1 Å². The fourth-order valence-corrected chi connectivity index (χ4v) is 2.10. The average Bonchev–Trinajstić information content (AvgIpc) is 2.93. The standard InChI is InChI=1S/C10H13N7O2S/c1-3-16-7(18)6(8(19)17(4-2)10(16)20)13-15-9-11-5-12-14-9/h5,18H,3-4H2,1-2H3,(H,11,12,14). The Morgan fingerprint density at radius 2 is 2.05 bits per heavy atom. The summed E-state index contributed by atoms with van der Waals surface area (Å²) in [5, 5.41) is 23.6. The number of aromatic hydroxyl groups is 1. The highest BCUT2D eigenvalue weighted by Crippen LogP contribution is 2.23. The van der Waals surface area contributed by atoms with E-state index >= 15 is 0 Å². The fraction of sp³-hybridized carbons (Fsp3) is 0.400. The van der Waals surface area contributed by atoms with Gasteiger partial charge in [-0.3, -0.25) is 13.9 Å². The zero-order valence-electron chi connectivity index (χ0n) is 10.9. The van der Waals surface area contributed by atoms with E-state index in [1.807, 2.05) is 0 Å². The first-order valence-corrected chi connectivity index (χ1v) is 6.34. The molecule has 2 rings (SSSR count). The minimum atomic E-state index is -0.497. The first-order valence-electron chi connectivity index (χ1n) is 5.93. The van der Waals surface area contributed by atoms with Crippen LogP contribution in [0.4, 0.5) is 11.6 Å². The van der Waals surface area contributed by atoms with Crippen LogP contribution < -0.4 is 5.56 Å². The summed E-state index contributed by atoms with van der Waals surface area (Å²) in [6, 6.07) is 0. The topological polar surface area (TPSA) is 113 Å². The van der Waals surface area contributed by atoms with Crippen LogP contribution in [-0.2, 0) is 13.1 Å². The van der Waals surface area contributed by atoms with Gasteiger partial charge < -0.3 is 5.11 Å². The molecule has 2 aromatic heterocycles. The van der Waals surface area contributed by atoms with Crippen molar-refractivity contribution in [2.24, 2.45) is 10.2 Å². The number of hydrogen-bond acceptors (Lipinski definition) is 7. The monoisotopic (exact) mass is 295 g/mol. The molecular formula is C10H13N7O2S. The van der Waals surface area contributed by atoms with E-state index in [9.17, 15) is 9.90 Å². The van der Waals surface area contributed by atoms with E-state index in [1.165, 1.54) is 15.5 Å². The molecule has 0 atom stereocenters. The molecule has 0 fully saturated rings. The van der Waals surface area contributed by atoms with Gasteiger partial charge in [0.15, 0.2) is 4.77 Å². The summed E-state index contributed by atoms with van der Waals surface area (Å²) in [4.78, 5) is 15.9. The summed E-state index contributed by atoms with van der Waals surface area (Å²) >= 11 is 5.15. The number of nitrogens with one attached hydrogen (secondary N) is 1. The van der Waals surface area contributed by atoms with Gasteiger partial charge in [-0.1, -0.05) is 0 Å². The van der Waals surface area contributed by atoms with E-state index in [2.05, 4.69) is 25.4 Å². The lowest BCUT2D eigenvalue weighted by Crippen LogP contribution is -2.24. The second kappa shape index (κ2) is 5.74. The Hall–Kier alpha value is -2.36. The van der Waals surface area contributed by atoms with Gasteiger partial charge in [0.1, 0.15) is 6.33 Å². The lowest BCUT2D eigenvalue weighted by atomic mass is 10.4. The second-order valence-corrected chi connectivity index (χ2v) is 4.12. The van der Waals surface area contributed by atoms with Gasteiger partial charge in [-0.05, 0) is 26.1 Å². The minimum absolute atomic E-state index is 0.136. The Kier molecular flexibility index (Phi) is 4.03. The quantitative estimate of drug-likeness (QED) is 0.657. The molecule has 9 nitrogen and oxygen atoms in total. The number of rotatable bonds is 4. The summed E-state index contributed by atoms with van der Waals surface area (Å²) in [6.45, 7) is 4.38. The van der Waals surface area contributed by atoms with E-state index in [1.54, 1.807) is 13.8 Å². The summed E-state index contributed by atoms with van der Waals surface area (Å²) < 4.78 is 3.00. The number of aromatic nitrogens is 5. The predicted molar refractivity (Wildman–Crippen MR) is 73.1 cm³/mol. The zero-order valence-corrected chi connectivity index (χ0v) is 11.8. The molecule has 2 N–H and O–H groups in total. The Morgan fingerprint density at radius 3 is 2.60 bits per heavy atom. The molecule has 10 heteroatoms. The van der Waals surface area contributed by atoms with Crippen LogP contribution in [0.15, 0.2) is 21.4 Å². The average molecular weight is 295 g/mol. The number of aromatic amines is 1. The second-order valence-electron chi connectivity index (χ2n) is 3.76. The number of hydrogen-bond donors (Lipinski definition) is 2. The van der Waals surface area contributed by atoms with Crippen molar-refractivity contribution in [3.8, 4) is 5.88 Å². The van der Waals surface area contributed by atoms with Gasteiger partial charge in [0.05, 0.1) is 0 Å². The van der Waals surface area contributed by atoms with E-state index in [0.717, 1.165) is 0 Å². The van der Waals surface area contributed by atoms with Crippen LogP contribution in [0, 0.1) is 4.77 Å². The molecule has 0 aromatic carbocycles. The third-order valence-corrected chi connectivity index (χ3v) is 3.10. The van der Waals surface area contributed by atoms with Gasteiger partial charge in [0.25, 0.3) is 11.5 Å². The highest BCUT2D eigenvalue weighted by atomic mass is 32.1. The third kappa shape index (κ3) is 2.37. The third-order valence-electron chi connectivity index (χ3n) is 2.66. The zero-order chi connectivity index (χ0) is 14.7. The van der Waals surface area contributed by atoms with E-state index in [-0.39, 0.29) is 22.3 Å². The number of azo groups is 1. The maximum atomic E-state index is 12.2. The molecule has 0 amide bonds. The SMILES string of the molecule is CCn1c(O)c(N=Nc2ncn[nH]2)c(=O)n(CC)c1=S. The molecule has 106 valence electrons. The van der Waals surface area contributed by atoms with Crippen LogP contribution in [0.1, 0.15) is 13.8 Å². The Bertz CT molecular complexity index is 744. The molecule has 0 aliphatic heterocycles. The Balaban J connectivity index is 2.64. The maximum absolute atomic E-state index is 12.2. The molecule has 0 unspecified atom stereocenters.